The van der Waals surface area contributed by atoms with Gasteiger partial charge < -0.3 is 18.6 Å². The highest BCUT2D eigenvalue weighted by molar-refractivity contribution is 6.20. The number of benzene rings is 9. The third-order valence-electron chi connectivity index (χ3n) is 10.6. The van der Waals surface area contributed by atoms with Crippen LogP contribution in [0.2, 0.25) is 0 Å². The first kappa shape index (κ1) is 30.3. The highest BCUT2D eigenvalue weighted by atomic mass is 16.3. The van der Waals surface area contributed by atoms with E-state index in [1.807, 2.05) is 24.3 Å². The van der Waals surface area contributed by atoms with Crippen LogP contribution in [0.25, 0.3) is 65.4 Å². The monoisotopic (exact) mass is 692 g/mol. The van der Waals surface area contributed by atoms with Crippen molar-refractivity contribution in [2.75, 3.05) is 9.80 Å². The van der Waals surface area contributed by atoms with Crippen LogP contribution in [0.15, 0.2) is 203 Å². The Bertz CT molecular complexity index is 3140. The van der Waals surface area contributed by atoms with Crippen molar-refractivity contribution in [3.05, 3.63) is 194 Å². The van der Waals surface area contributed by atoms with E-state index in [0.29, 0.717) is 0 Å². The summed E-state index contributed by atoms with van der Waals surface area (Å²) in [5, 5.41) is 9.07. The first-order chi connectivity index (χ1) is 26.8. The minimum absolute atomic E-state index is 0.864. The third-order valence-corrected chi connectivity index (χ3v) is 10.6. The zero-order valence-electron chi connectivity index (χ0n) is 29.2. The van der Waals surface area contributed by atoms with E-state index in [1.165, 1.54) is 10.8 Å². The Morgan fingerprint density at radius 1 is 0.259 bits per heavy atom. The van der Waals surface area contributed by atoms with Gasteiger partial charge in [-0.25, -0.2) is 0 Å². The zero-order chi connectivity index (χ0) is 35.6. The second-order valence-electron chi connectivity index (χ2n) is 13.7. The first-order valence-electron chi connectivity index (χ1n) is 18.3. The summed E-state index contributed by atoms with van der Waals surface area (Å²) in [6.07, 6.45) is 0. The lowest BCUT2D eigenvalue weighted by Gasteiger charge is -2.30. The molecule has 0 aliphatic carbocycles. The minimum Gasteiger partial charge on any atom is -0.456 e. The molecule has 9 aromatic carbocycles. The predicted molar refractivity (Wildman–Crippen MR) is 225 cm³/mol. The van der Waals surface area contributed by atoms with E-state index in [4.69, 9.17) is 8.83 Å². The minimum atomic E-state index is 0.864. The average Bonchev–Trinajstić information content (AvgIpc) is 3.79. The molecule has 254 valence electrons. The normalized spacial score (nSPS) is 11.7. The lowest BCUT2D eigenvalue weighted by molar-refractivity contribution is 0.668. The molecule has 0 aliphatic heterocycles. The summed E-state index contributed by atoms with van der Waals surface area (Å²) < 4.78 is 12.7. The van der Waals surface area contributed by atoms with Crippen LogP contribution in [-0.4, -0.2) is 0 Å². The number of nitrogens with zero attached hydrogens (tertiary/aromatic N) is 2. The zero-order valence-corrected chi connectivity index (χ0v) is 29.2. The fourth-order valence-corrected chi connectivity index (χ4v) is 8.14. The van der Waals surface area contributed by atoms with Gasteiger partial charge in [0, 0.05) is 55.4 Å². The Morgan fingerprint density at radius 2 is 0.759 bits per heavy atom. The fraction of sp³-hybridized carbons (Fsp3) is 0. The SMILES string of the molecule is c1ccc(N(c2ccccc2)c2cccc(N(c3ccc4oc5ccccc5c4c3)c3cc4cc5oc6ccccc6c5cc4c4ccccc34)c2)cc1. The number of rotatable bonds is 6. The molecule has 11 rings (SSSR count). The van der Waals surface area contributed by atoms with Crippen molar-refractivity contribution in [3.8, 4) is 0 Å². The number of anilines is 6. The quantitative estimate of drug-likeness (QED) is 0.162. The van der Waals surface area contributed by atoms with Crippen LogP contribution in [0.3, 0.4) is 0 Å². The Morgan fingerprint density at radius 3 is 1.44 bits per heavy atom. The van der Waals surface area contributed by atoms with Crippen molar-refractivity contribution >= 4 is 99.5 Å². The molecule has 0 saturated heterocycles. The fourth-order valence-electron chi connectivity index (χ4n) is 8.14. The van der Waals surface area contributed by atoms with E-state index in [2.05, 4.69) is 180 Å². The van der Waals surface area contributed by atoms with Gasteiger partial charge in [-0.15, -0.1) is 0 Å². The van der Waals surface area contributed by atoms with Crippen molar-refractivity contribution in [1.29, 1.82) is 0 Å². The van der Waals surface area contributed by atoms with Crippen molar-refractivity contribution < 1.29 is 8.83 Å². The molecule has 0 saturated carbocycles. The molecule has 0 atom stereocenters. The van der Waals surface area contributed by atoms with Gasteiger partial charge in [-0.2, -0.15) is 0 Å². The van der Waals surface area contributed by atoms with Crippen molar-refractivity contribution in [2.45, 2.75) is 0 Å². The molecule has 4 nitrogen and oxygen atoms in total. The molecule has 0 fully saturated rings. The lowest BCUT2D eigenvalue weighted by Crippen LogP contribution is -2.13. The van der Waals surface area contributed by atoms with E-state index in [1.54, 1.807) is 0 Å². The van der Waals surface area contributed by atoms with Crippen molar-refractivity contribution in [3.63, 3.8) is 0 Å². The molecule has 54 heavy (non-hydrogen) atoms. The van der Waals surface area contributed by atoms with Gasteiger partial charge in [-0.05, 0) is 107 Å². The molecule has 2 heterocycles. The predicted octanol–water partition coefficient (Wildman–Crippen LogP) is 14.7. The molecule has 0 spiro atoms. The van der Waals surface area contributed by atoms with Crippen LogP contribution < -0.4 is 9.80 Å². The van der Waals surface area contributed by atoms with Gasteiger partial charge in [0.2, 0.25) is 0 Å². The summed E-state index contributed by atoms with van der Waals surface area (Å²) in [5.74, 6) is 0. The second-order valence-corrected chi connectivity index (χ2v) is 13.7. The maximum Gasteiger partial charge on any atom is 0.136 e. The van der Waals surface area contributed by atoms with Gasteiger partial charge in [-0.3, -0.25) is 0 Å². The van der Waals surface area contributed by atoms with E-state index in [0.717, 1.165) is 88.8 Å². The van der Waals surface area contributed by atoms with E-state index in [9.17, 15) is 0 Å². The van der Waals surface area contributed by atoms with Gasteiger partial charge in [0.05, 0.1) is 5.69 Å². The third kappa shape index (κ3) is 4.85. The molecular formula is C50H32N2O2. The molecule has 0 bridgehead atoms. The molecular weight excluding hydrogens is 661 g/mol. The summed E-state index contributed by atoms with van der Waals surface area (Å²) in [6, 6.07) is 68.6. The standard InChI is InChI=1S/C50H32N2O2/c1-3-14-34(15-4-1)51(35-16-5-2-6-17-35)36-18-13-19-37(30-36)52(38-26-27-49-44(31-38)41-22-9-11-24-47(41)53-49)46-28-33-29-50-45(42-23-10-12-25-48(42)54-50)32-43(33)39-20-7-8-21-40(39)46/h1-32H. The van der Waals surface area contributed by atoms with Crippen LogP contribution in [0, 0.1) is 0 Å². The number of hydrogen-bond acceptors (Lipinski definition) is 4. The average molecular weight is 693 g/mol. The summed E-state index contributed by atoms with van der Waals surface area (Å²) in [6.45, 7) is 0. The topological polar surface area (TPSA) is 32.8 Å². The van der Waals surface area contributed by atoms with Crippen LogP contribution in [0.5, 0.6) is 0 Å². The van der Waals surface area contributed by atoms with Crippen molar-refractivity contribution in [2.24, 2.45) is 0 Å². The van der Waals surface area contributed by atoms with Crippen LogP contribution >= 0.6 is 0 Å². The van der Waals surface area contributed by atoms with Crippen LogP contribution in [0.1, 0.15) is 0 Å². The number of para-hydroxylation sites is 4. The Balaban J connectivity index is 1.19. The highest BCUT2D eigenvalue weighted by Gasteiger charge is 2.22. The maximum absolute atomic E-state index is 6.42. The highest BCUT2D eigenvalue weighted by Crippen LogP contribution is 2.46. The van der Waals surface area contributed by atoms with E-state index in [-0.39, 0.29) is 0 Å². The summed E-state index contributed by atoms with van der Waals surface area (Å²) in [7, 11) is 0. The van der Waals surface area contributed by atoms with E-state index >= 15 is 0 Å². The molecule has 0 unspecified atom stereocenters. The molecule has 0 radical (unpaired) electrons. The first-order valence-corrected chi connectivity index (χ1v) is 18.3. The largest absolute Gasteiger partial charge is 0.456 e. The van der Waals surface area contributed by atoms with Crippen molar-refractivity contribution in [1.82, 2.24) is 0 Å². The Hall–Kier alpha value is -7.30. The van der Waals surface area contributed by atoms with Gasteiger partial charge in [0.15, 0.2) is 0 Å². The van der Waals surface area contributed by atoms with Gasteiger partial charge in [0.25, 0.3) is 0 Å². The molecule has 2 aromatic heterocycles. The van der Waals surface area contributed by atoms with Gasteiger partial charge >= 0.3 is 0 Å². The smallest absolute Gasteiger partial charge is 0.136 e. The lowest BCUT2D eigenvalue weighted by atomic mass is 9.97. The molecule has 11 aromatic rings. The summed E-state index contributed by atoms with van der Waals surface area (Å²) in [5.41, 5.74) is 9.89. The summed E-state index contributed by atoms with van der Waals surface area (Å²) in [4.78, 5) is 4.70. The molecule has 0 aliphatic rings. The Labute approximate surface area is 311 Å². The number of hydrogen-bond donors (Lipinski definition) is 0. The van der Waals surface area contributed by atoms with Crippen LogP contribution in [-0.2, 0) is 0 Å². The van der Waals surface area contributed by atoms with E-state index < -0.39 is 0 Å². The number of fused-ring (bicyclic) bond motifs is 9. The summed E-state index contributed by atoms with van der Waals surface area (Å²) >= 11 is 0. The molecule has 4 heteroatoms. The maximum atomic E-state index is 6.42. The van der Waals surface area contributed by atoms with Gasteiger partial charge in [-0.1, -0.05) is 103 Å². The van der Waals surface area contributed by atoms with Gasteiger partial charge in [0.1, 0.15) is 22.3 Å². The molecule has 0 N–H and O–H groups in total. The Kier molecular flexibility index (Phi) is 6.82. The number of furan rings is 2. The van der Waals surface area contributed by atoms with Crippen LogP contribution in [0.4, 0.5) is 34.1 Å². The molecule has 0 amide bonds. The second kappa shape index (κ2) is 12.1.